The van der Waals surface area contributed by atoms with Crippen LogP contribution in [-0.4, -0.2) is 11.8 Å². The Kier molecular flexibility index (Phi) is 12.2. The molecular formula is C66H46N2O2P2. The van der Waals surface area contributed by atoms with Crippen molar-refractivity contribution in [2.75, 3.05) is 10.6 Å². The zero-order valence-corrected chi connectivity index (χ0v) is 40.9. The van der Waals surface area contributed by atoms with Gasteiger partial charge < -0.3 is 10.6 Å². The average Bonchev–Trinajstić information content (AvgIpc) is 3.44. The highest BCUT2D eigenvalue weighted by molar-refractivity contribution is 7.80. The van der Waals surface area contributed by atoms with E-state index in [1.54, 1.807) is 0 Å². The second-order valence-electron chi connectivity index (χ2n) is 17.7. The largest absolute Gasteiger partial charge is 0.317 e. The maximum atomic E-state index is 14.9. The maximum absolute atomic E-state index is 14.9. The molecule has 72 heavy (non-hydrogen) atoms. The van der Waals surface area contributed by atoms with Gasteiger partial charge in [-0.2, -0.15) is 0 Å². The summed E-state index contributed by atoms with van der Waals surface area (Å²) in [6, 6.07) is 93.0. The van der Waals surface area contributed by atoms with E-state index in [4.69, 9.17) is 0 Å². The van der Waals surface area contributed by atoms with Crippen molar-refractivity contribution in [2.45, 2.75) is 0 Å². The number of carbonyl (C=O) groups is 2. The minimum Gasteiger partial charge on any atom is -0.317 e. The van der Waals surface area contributed by atoms with Crippen LogP contribution >= 0.6 is 15.8 Å². The number of fused-ring (bicyclic) bond motifs is 4. The molecule has 6 heteroatoms. The van der Waals surface area contributed by atoms with E-state index in [2.05, 4.69) is 229 Å². The van der Waals surface area contributed by atoms with Crippen LogP contribution in [0.4, 0.5) is 11.4 Å². The molecule has 0 fully saturated rings. The molecule has 0 unspecified atom stereocenters. The first-order valence-electron chi connectivity index (χ1n) is 24.1. The molecule has 12 rings (SSSR count). The van der Waals surface area contributed by atoms with Crippen LogP contribution in [0.3, 0.4) is 0 Å². The third-order valence-corrected chi connectivity index (χ3v) is 18.4. The smallest absolute Gasteiger partial charge is 0.314 e. The van der Waals surface area contributed by atoms with E-state index < -0.39 is 27.7 Å². The molecule has 4 nitrogen and oxygen atoms in total. The van der Waals surface area contributed by atoms with Crippen LogP contribution in [0.15, 0.2) is 267 Å². The van der Waals surface area contributed by atoms with E-state index in [1.165, 1.54) is 21.2 Å². The quantitative estimate of drug-likeness (QED) is 0.106. The molecule has 0 aliphatic heterocycles. The molecule has 0 aromatic heterocycles. The number of benzene rings is 12. The van der Waals surface area contributed by atoms with Crippen molar-refractivity contribution in [1.29, 1.82) is 0 Å². The first-order valence-corrected chi connectivity index (χ1v) is 26.8. The van der Waals surface area contributed by atoms with Crippen molar-refractivity contribution in [1.82, 2.24) is 0 Å². The fraction of sp³-hybridized carbons (Fsp3) is 0. The van der Waals surface area contributed by atoms with Gasteiger partial charge in [-0.25, -0.2) is 0 Å². The highest BCUT2D eigenvalue weighted by atomic mass is 31.1. The third-order valence-electron chi connectivity index (χ3n) is 13.4. The fourth-order valence-corrected chi connectivity index (χ4v) is 15.2. The summed E-state index contributed by atoms with van der Waals surface area (Å²) in [5.74, 6) is -1.54. The molecule has 0 heterocycles. The van der Waals surface area contributed by atoms with Gasteiger partial charge in [-0.15, -0.1) is 0 Å². The molecule has 0 atom stereocenters. The molecule has 0 aliphatic carbocycles. The monoisotopic (exact) mass is 960 g/mol. The number of amides is 2. The summed E-state index contributed by atoms with van der Waals surface area (Å²) in [7, 11) is -2.16. The molecule has 0 spiro atoms. The number of anilines is 2. The van der Waals surface area contributed by atoms with Crippen molar-refractivity contribution in [3.8, 4) is 22.3 Å². The van der Waals surface area contributed by atoms with Crippen LogP contribution in [-0.2, 0) is 9.59 Å². The molecule has 0 saturated carbocycles. The molecule has 12 aromatic rings. The van der Waals surface area contributed by atoms with Gasteiger partial charge in [0.1, 0.15) is 0 Å². The van der Waals surface area contributed by atoms with Crippen LogP contribution < -0.4 is 42.5 Å². The van der Waals surface area contributed by atoms with Crippen molar-refractivity contribution in [3.05, 3.63) is 267 Å². The molecule has 12 aromatic carbocycles. The van der Waals surface area contributed by atoms with Crippen LogP contribution in [0, 0.1) is 0 Å². The fourth-order valence-electron chi connectivity index (χ4n) is 10.2. The van der Waals surface area contributed by atoms with Gasteiger partial charge in [-0.1, -0.05) is 255 Å². The summed E-state index contributed by atoms with van der Waals surface area (Å²) in [6.07, 6.45) is 0. The molecule has 2 amide bonds. The molecule has 2 N–H and O–H groups in total. The standard InChI is InChI=1S/C66H46N2O2P2/c69-65(67-57-41-37-45-21-13-17-33-53(45)61(57)63-55-35-19-15-23-47(55)39-43-59(63)71(49-25-5-1-6-26-49)50-27-7-2-8-28-50)66(70)68-58-42-38-46-22-14-18-34-54(46)62(58)64-56-36-20-16-24-48(56)40-44-60(64)72(51-29-9-3-10-30-51)52-31-11-4-12-32-52/h1-44H,(H,67,69)(H,68,70). The summed E-state index contributed by atoms with van der Waals surface area (Å²) < 4.78 is 0. The number of nitrogens with one attached hydrogen (secondary N) is 2. The SMILES string of the molecule is O=C(Nc1ccc2ccccc2c1-c1c(P(c2ccccc2)c2ccccc2)ccc2ccccc12)C(=O)Nc1ccc2ccccc2c1-c1c(P(c2ccccc2)c2ccccc2)ccc2ccccc12. The second-order valence-corrected chi connectivity index (χ2v) is 22.1. The van der Waals surface area contributed by atoms with Crippen molar-refractivity contribution >= 4 is 114 Å². The highest BCUT2D eigenvalue weighted by Gasteiger charge is 2.29. The Morgan fingerprint density at radius 2 is 0.500 bits per heavy atom. The van der Waals surface area contributed by atoms with Crippen molar-refractivity contribution < 1.29 is 9.59 Å². The number of rotatable bonds is 10. The second kappa shape index (κ2) is 19.7. The van der Waals surface area contributed by atoms with E-state index in [0.717, 1.165) is 76.0 Å². The molecule has 0 radical (unpaired) electrons. The lowest BCUT2D eigenvalue weighted by atomic mass is 9.92. The summed E-state index contributed by atoms with van der Waals surface area (Å²) in [6.45, 7) is 0. The first-order chi connectivity index (χ1) is 35.6. The van der Waals surface area contributed by atoms with E-state index >= 15 is 0 Å². The predicted molar refractivity (Wildman–Crippen MR) is 308 cm³/mol. The Labute approximate surface area is 421 Å². The van der Waals surface area contributed by atoms with Gasteiger partial charge in [0.05, 0.1) is 0 Å². The average molecular weight is 961 g/mol. The third kappa shape index (κ3) is 8.41. The Morgan fingerprint density at radius 3 is 0.806 bits per heavy atom. The normalized spacial score (nSPS) is 11.4. The molecule has 0 aliphatic rings. The van der Waals surface area contributed by atoms with Gasteiger partial charge >= 0.3 is 11.8 Å². The van der Waals surface area contributed by atoms with Crippen molar-refractivity contribution in [2.24, 2.45) is 0 Å². The Hall–Kier alpha value is -8.52. The van der Waals surface area contributed by atoms with E-state index in [-0.39, 0.29) is 0 Å². The van der Waals surface area contributed by atoms with Gasteiger partial charge in [0, 0.05) is 33.6 Å². The summed E-state index contributed by atoms with van der Waals surface area (Å²) in [5, 5.41) is 21.8. The van der Waals surface area contributed by atoms with E-state index in [0.29, 0.717) is 11.4 Å². The number of hydrogen-bond donors (Lipinski definition) is 2. The lowest BCUT2D eigenvalue weighted by molar-refractivity contribution is -0.132. The van der Waals surface area contributed by atoms with Gasteiger partial charge in [0.15, 0.2) is 0 Å². The van der Waals surface area contributed by atoms with Gasteiger partial charge in [0.25, 0.3) is 0 Å². The lowest BCUT2D eigenvalue weighted by Crippen LogP contribution is -2.30. The van der Waals surface area contributed by atoms with Gasteiger partial charge in [0.2, 0.25) is 0 Å². The lowest BCUT2D eigenvalue weighted by Gasteiger charge is -2.26. The highest BCUT2D eigenvalue weighted by Crippen LogP contribution is 2.47. The van der Waals surface area contributed by atoms with Crippen LogP contribution in [0.2, 0.25) is 0 Å². The summed E-state index contributed by atoms with van der Waals surface area (Å²) in [5.41, 5.74) is 4.87. The van der Waals surface area contributed by atoms with Crippen LogP contribution in [0.5, 0.6) is 0 Å². The van der Waals surface area contributed by atoms with Gasteiger partial charge in [-0.05, 0) is 103 Å². The maximum Gasteiger partial charge on any atom is 0.314 e. The Bertz CT molecular complexity index is 3640. The molecule has 0 bridgehead atoms. The molecule has 0 saturated heterocycles. The minimum absolute atomic E-state index is 0.550. The molecule has 342 valence electrons. The summed E-state index contributed by atoms with van der Waals surface area (Å²) in [4.78, 5) is 29.8. The zero-order chi connectivity index (χ0) is 48.4. The summed E-state index contributed by atoms with van der Waals surface area (Å²) >= 11 is 0. The number of carbonyl (C=O) groups excluding carboxylic acids is 2. The predicted octanol–water partition coefficient (Wildman–Crippen LogP) is 13.7. The van der Waals surface area contributed by atoms with E-state index in [9.17, 15) is 9.59 Å². The Morgan fingerprint density at radius 1 is 0.250 bits per heavy atom. The number of hydrogen-bond acceptors (Lipinski definition) is 2. The zero-order valence-electron chi connectivity index (χ0n) is 39.1. The first kappa shape index (κ1) is 44.7. The molecular weight excluding hydrogens is 915 g/mol. The topological polar surface area (TPSA) is 58.2 Å². The van der Waals surface area contributed by atoms with E-state index in [1.807, 2.05) is 48.5 Å². The van der Waals surface area contributed by atoms with Crippen molar-refractivity contribution in [3.63, 3.8) is 0 Å². The van der Waals surface area contributed by atoms with Gasteiger partial charge in [-0.3, -0.25) is 9.59 Å². The Balaban J connectivity index is 1.01. The minimum atomic E-state index is -1.08. The van der Waals surface area contributed by atoms with Crippen LogP contribution in [0.25, 0.3) is 65.3 Å². The van der Waals surface area contributed by atoms with Crippen LogP contribution in [0.1, 0.15) is 0 Å².